The van der Waals surface area contributed by atoms with Crippen molar-refractivity contribution in [3.63, 3.8) is 0 Å². The van der Waals surface area contributed by atoms with Crippen LogP contribution in [-0.4, -0.2) is 42.9 Å². The van der Waals surface area contributed by atoms with Crippen LogP contribution in [0, 0.1) is 0 Å². The predicted octanol–water partition coefficient (Wildman–Crippen LogP) is 6.58. The van der Waals surface area contributed by atoms with Crippen LogP contribution < -0.4 is 9.47 Å². The lowest BCUT2D eigenvalue weighted by molar-refractivity contribution is -0.137. The van der Waals surface area contributed by atoms with Crippen molar-refractivity contribution in [3.05, 3.63) is 89.0 Å². The van der Waals surface area contributed by atoms with Gasteiger partial charge in [0, 0.05) is 30.0 Å². The zero-order chi connectivity index (χ0) is 25.1. The van der Waals surface area contributed by atoms with E-state index < -0.39 is 11.7 Å². The second-order valence-corrected chi connectivity index (χ2v) is 9.56. The molecular formula is C29H30F3NO3. The van der Waals surface area contributed by atoms with Crippen LogP contribution >= 0.6 is 0 Å². The van der Waals surface area contributed by atoms with Gasteiger partial charge in [0.15, 0.2) is 0 Å². The molecular weight excluding hydrogens is 467 g/mol. The number of hydrogen-bond acceptors (Lipinski definition) is 4. The Morgan fingerprint density at radius 2 is 1.69 bits per heavy atom. The van der Waals surface area contributed by atoms with Gasteiger partial charge in [-0.05, 0) is 61.3 Å². The van der Waals surface area contributed by atoms with Gasteiger partial charge in [-0.15, -0.1) is 0 Å². The Bertz CT molecular complexity index is 1170. The monoisotopic (exact) mass is 497 g/mol. The number of halogens is 3. The van der Waals surface area contributed by atoms with Crippen LogP contribution in [0.2, 0.25) is 0 Å². The van der Waals surface area contributed by atoms with Crippen molar-refractivity contribution in [3.8, 4) is 17.2 Å². The molecule has 0 amide bonds. The van der Waals surface area contributed by atoms with Crippen molar-refractivity contribution in [2.24, 2.45) is 0 Å². The minimum Gasteiger partial charge on any atom is -0.508 e. The predicted molar refractivity (Wildman–Crippen MR) is 132 cm³/mol. The molecule has 2 aliphatic rings. The summed E-state index contributed by atoms with van der Waals surface area (Å²) >= 11 is 0. The first-order chi connectivity index (χ1) is 17.4. The van der Waals surface area contributed by atoms with Gasteiger partial charge in [0.05, 0.1) is 12.2 Å². The van der Waals surface area contributed by atoms with Crippen LogP contribution in [0.4, 0.5) is 13.2 Å². The molecule has 7 heteroatoms. The van der Waals surface area contributed by atoms with E-state index in [-0.39, 0.29) is 24.2 Å². The van der Waals surface area contributed by atoms with Crippen LogP contribution in [0.25, 0.3) is 0 Å². The third-order valence-corrected chi connectivity index (χ3v) is 7.16. The second kappa shape index (κ2) is 10.4. The number of phenols is 1. The summed E-state index contributed by atoms with van der Waals surface area (Å²) in [6.45, 7) is 3.97. The molecule has 36 heavy (non-hydrogen) atoms. The Balaban J connectivity index is 1.40. The zero-order valence-electron chi connectivity index (χ0n) is 20.0. The van der Waals surface area contributed by atoms with Crippen molar-refractivity contribution < 1.29 is 27.8 Å². The lowest BCUT2D eigenvalue weighted by Gasteiger charge is -2.35. The molecule has 1 N–H and O–H groups in total. The minimum atomic E-state index is -4.42. The summed E-state index contributed by atoms with van der Waals surface area (Å²) in [5.41, 5.74) is 1.68. The summed E-state index contributed by atoms with van der Waals surface area (Å²) in [6.07, 6.45) is -0.634. The highest BCUT2D eigenvalue weighted by molar-refractivity contribution is 5.51. The van der Waals surface area contributed by atoms with Crippen LogP contribution in [0.5, 0.6) is 17.2 Å². The molecule has 3 aromatic carbocycles. The van der Waals surface area contributed by atoms with Gasteiger partial charge < -0.3 is 14.6 Å². The molecule has 0 saturated carbocycles. The highest BCUT2D eigenvalue weighted by atomic mass is 19.4. The van der Waals surface area contributed by atoms with Crippen LogP contribution in [-0.2, 0) is 6.18 Å². The van der Waals surface area contributed by atoms with Crippen LogP contribution in [0.15, 0.2) is 66.7 Å². The van der Waals surface area contributed by atoms with E-state index in [0.717, 1.165) is 42.6 Å². The standard InChI is InChI=1S/C29H30F3NO3/c30-29(31,32)22-6-4-5-21(17-22)26-19-36-27-18-23(34)9-12-25(27)28(26)20-7-10-24(11-8-20)35-16-15-33-13-2-1-3-14-33/h4-12,17-18,26,28,34H,1-3,13-16,19H2/t26-,28-/m1/s1. The number of alkyl halides is 3. The number of likely N-dealkylation sites (tertiary alicyclic amines) is 1. The molecule has 0 unspecified atom stereocenters. The van der Waals surface area contributed by atoms with Crippen molar-refractivity contribution >= 4 is 0 Å². The van der Waals surface area contributed by atoms with Gasteiger partial charge >= 0.3 is 6.18 Å². The Morgan fingerprint density at radius 3 is 2.44 bits per heavy atom. The third-order valence-electron chi connectivity index (χ3n) is 7.16. The number of nitrogens with zero attached hydrogens (tertiary/aromatic N) is 1. The number of ether oxygens (including phenoxy) is 2. The van der Waals surface area contributed by atoms with Crippen LogP contribution in [0.1, 0.15) is 53.4 Å². The summed E-state index contributed by atoms with van der Waals surface area (Å²) in [6, 6.07) is 18.2. The SMILES string of the molecule is Oc1ccc2c(c1)OC[C@H](c1cccc(C(F)(F)F)c1)[C@@H]2c1ccc(OCCN2CCCCC2)cc1. The molecule has 0 aliphatic carbocycles. The second-order valence-electron chi connectivity index (χ2n) is 9.56. The van der Waals surface area contributed by atoms with E-state index in [9.17, 15) is 18.3 Å². The van der Waals surface area contributed by atoms with Crippen molar-refractivity contribution in [2.45, 2.75) is 37.3 Å². The average molecular weight is 498 g/mol. The molecule has 190 valence electrons. The first-order valence-electron chi connectivity index (χ1n) is 12.5. The lowest BCUT2D eigenvalue weighted by Crippen LogP contribution is -2.33. The number of aromatic hydroxyl groups is 1. The van der Waals surface area contributed by atoms with Crippen molar-refractivity contribution in [2.75, 3.05) is 32.8 Å². The molecule has 0 spiro atoms. The minimum absolute atomic E-state index is 0.0856. The Hall–Kier alpha value is -3.19. The highest BCUT2D eigenvalue weighted by Crippen LogP contribution is 2.47. The Labute approximate surface area is 209 Å². The fourth-order valence-corrected chi connectivity index (χ4v) is 5.29. The molecule has 0 aromatic heterocycles. The number of fused-ring (bicyclic) bond motifs is 1. The number of piperidine rings is 1. The molecule has 2 aliphatic heterocycles. The summed E-state index contributed by atoms with van der Waals surface area (Å²) in [5.74, 6) is 0.840. The van der Waals surface area contributed by atoms with Gasteiger partial charge in [-0.3, -0.25) is 4.90 Å². The normalized spacial score (nSPS) is 20.4. The van der Waals surface area contributed by atoms with E-state index in [1.165, 1.54) is 31.4 Å². The van der Waals surface area contributed by atoms with Crippen LogP contribution in [0.3, 0.4) is 0 Å². The molecule has 2 heterocycles. The third kappa shape index (κ3) is 5.46. The zero-order valence-corrected chi connectivity index (χ0v) is 20.0. The summed E-state index contributed by atoms with van der Waals surface area (Å²) in [7, 11) is 0. The van der Waals surface area contributed by atoms with E-state index >= 15 is 0 Å². The van der Waals surface area contributed by atoms with Gasteiger partial charge in [-0.2, -0.15) is 13.2 Å². The average Bonchev–Trinajstić information content (AvgIpc) is 2.88. The van der Waals surface area contributed by atoms with Gasteiger partial charge in [0.2, 0.25) is 0 Å². The van der Waals surface area contributed by atoms with E-state index in [1.807, 2.05) is 24.3 Å². The molecule has 2 atom stereocenters. The van der Waals surface area contributed by atoms with Gasteiger partial charge in [-0.1, -0.05) is 42.8 Å². The van der Waals surface area contributed by atoms with Crippen molar-refractivity contribution in [1.29, 1.82) is 0 Å². The number of hydrogen-bond donors (Lipinski definition) is 1. The number of rotatable bonds is 6. The van der Waals surface area contributed by atoms with Gasteiger partial charge in [0.1, 0.15) is 23.9 Å². The lowest BCUT2D eigenvalue weighted by atomic mass is 9.75. The summed E-state index contributed by atoms with van der Waals surface area (Å²) in [4.78, 5) is 2.42. The maximum atomic E-state index is 13.4. The molecule has 1 fully saturated rings. The number of phenolic OH excluding ortho intramolecular Hbond substituents is 1. The maximum absolute atomic E-state index is 13.4. The quantitative estimate of drug-likeness (QED) is 0.418. The van der Waals surface area contributed by atoms with E-state index in [4.69, 9.17) is 9.47 Å². The summed E-state index contributed by atoms with van der Waals surface area (Å²) in [5, 5.41) is 9.94. The van der Waals surface area contributed by atoms with E-state index in [2.05, 4.69) is 4.90 Å². The van der Waals surface area contributed by atoms with E-state index in [0.29, 0.717) is 17.9 Å². The van der Waals surface area contributed by atoms with Gasteiger partial charge in [0.25, 0.3) is 0 Å². The molecule has 1 saturated heterocycles. The smallest absolute Gasteiger partial charge is 0.416 e. The molecule has 4 nitrogen and oxygen atoms in total. The first-order valence-corrected chi connectivity index (χ1v) is 12.5. The topological polar surface area (TPSA) is 41.9 Å². The molecule has 0 radical (unpaired) electrons. The Kier molecular flexibility index (Phi) is 7.10. The molecule has 5 rings (SSSR count). The van der Waals surface area contributed by atoms with E-state index in [1.54, 1.807) is 24.3 Å². The fraction of sp³-hybridized carbons (Fsp3) is 0.379. The number of benzene rings is 3. The first kappa shape index (κ1) is 24.5. The van der Waals surface area contributed by atoms with Gasteiger partial charge in [-0.25, -0.2) is 0 Å². The van der Waals surface area contributed by atoms with Crippen molar-refractivity contribution in [1.82, 2.24) is 4.90 Å². The molecule has 3 aromatic rings. The highest BCUT2D eigenvalue weighted by Gasteiger charge is 2.36. The fourth-order valence-electron chi connectivity index (χ4n) is 5.29. The largest absolute Gasteiger partial charge is 0.508 e. The Morgan fingerprint density at radius 1 is 0.917 bits per heavy atom. The summed E-state index contributed by atoms with van der Waals surface area (Å²) < 4.78 is 52.2. The molecule has 0 bridgehead atoms. The maximum Gasteiger partial charge on any atom is 0.416 e.